The Morgan fingerprint density at radius 1 is 1.16 bits per heavy atom. The molecule has 0 aliphatic heterocycles. The molecule has 1 N–H and O–H groups in total. The van der Waals surface area contributed by atoms with Gasteiger partial charge in [-0.25, -0.2) is 0 Å². The smallest absolute Gasteiger partial charge is 0.412 e. The molecule has 0 saturated carbocycles. The quantitative estimate of drug-likeness (QED) is 0.638. The molecule has 1 aromatic heterocycles. The molecule has 0 radical (unpaired) electrons. The number of rotatable bonds is 6. The number of ether oxygens (including phenoxy) is 1. The molecule has 0 fully saturated rings. The van der Waals surface area contributed by atoms with E-state index >= 15 is 0 Å². The summed E-state index contributed by atoms with van der Waals surface area (Å²) in [6, 6.07) is 5.49. The summed E-state index contributed by atoms with van der Waals surface area (Å²) in [5.74, 6) is 0.557. The van der Waals surface area contributed by atoms with E-state index < -0.39 is 17.2 Å². The molecule has 0 unspecified atom stereocenters. The summed E-state index contributed by atoms with van der Waals surface area (Å²) in [7, 11) is 0. The molecule has 1 heterocycles. The molecule has 4 rings (SSSR count). The van der Waals surface area contributed by atoms with Crippen molar-refractivity contribution < 1.29 is 22.7 Å². The zero-order valence-corrected chi connectivity index (χ0v) is 18.9. The van der Waals surface area contributed by atoms with Crippen LogP contribution < -0.4 is 4.74 Å². The third-order valence-corrected chi connectivity index (χ3v) is 6.80. The van der Waals surface area contributed by atoms with Gasteiger partial charge in [0, 0.05) is 40.0 Å². The standard InChI is InChI=1S/C25H29F3N2O2/c1-5-30(6-2)11-12-32-16-8-10-17-19(14-16)24(3,4)23-21(22(17)31)18-9-7-15(25(26,27)28)13-20(18)29-23/h8,10,13-14,29H,5-7,9,11-12H2,1-4H3. The molecule has 7 heteroatoms. The van der Waals surface area contributed by atoms with Crippen LogP contribution in [0.25, 0.3) is 6.08 Å². The van der Waals surface area contributed by atoms with E-state index in [0.717, 1.165) is 31.3 Å². The number of carbonyl (C=O) groups is 1. The maximum Gasteiger partial charge on any atom is 0.412 e. The summed E-state index contributed by atoms with van der Waals surface area (Å²) < 4.78 is 45.7. The minimum absolute atomic E-state index is 0.110. The van der Waals surface area contributed by atoms with Crippen molar-refractivity contribution in [2.75, 3.05) is 26.2 Å². The van der Waals surface area contributed by atoms with Gasteiger partial charge in [-0.3, -0.25) is 4.79 Å². The predicted molar refractivity (Wildman–Crippen MR) is 118 cm³/mol. The molecule has 0 spiro atoms. The van der Waals surface area contributed by atoms with Gasteiger partial charge < -0.3 is 14.6 Å². The third-order valence-electron chi connectivity index (χ3n) is 6.80. The van der Waals surface area contributed by atoms with Gasteiger partial charge in [0.15, 0.2) is 5.78 Å². The summed E-state index contributed by atoms with van der Waals surface area (Å²) in [4.78, 5) is 18.8. The molecule has 2 aliphatic rings. The Kier molecular flexibility index (Phi) is 5.74. The van der Waals surface area contributed by atoms with Gasteiger partial charge in [-0.1, -0.05) is 27.7 Å². The van der Waals surface area contributed by atoms with Gasteiger partial charge in [0.1, 0.15) is 12.4 Å². The molecule has 2 aliphatic carbocycles. The molecule has 4 nitrogen and oxygen atoms in total. The lowest BCUT2D eigenvalue weighted by atomic mass is 9.70. The van der Waals surface area contributed by atoms with Crippen LogP contribution in [0.15, 0.2) is 23.8 Å². The highest BCUT2D eigenvalue weighted by Gasteiger charge is 2.43. The Morgan fingerprint density at radius 3 is 2.53 bits per heavy atom. The van der Waals surface area contributed by atoms with Crippen molar-refractivity contribution in [2.45, 2.75) is 52.1 Å². The van der Waals surface area contributed by atoms with Crippen molar-refractivity contribution in [3.05, 3.63) is 57.4 Å². The number of nitrogens with one attached hydrogen (secondary N) is 1. The van der Waals surface area contributed by atoms with E-state index in [-0.39, 0.29) is 18.6 Å². The molecule has 32 heavy (non-hydrogen) atoms. The normalized spacial score (nSPS) is 17.0. The Morgan fingerprint density at radius 2 is 1.88 bits per heavy atom. The van der Waals surface area contributed by atoms with Crippen LogP contribution in [0.1, 0.15) is 72.6 Å². The average Bonchev–Trinajstić information content (AvgIpc) is 3.15. The molecule has 0 bridgehead atoms. The number of hydrogen-bond donors (Lipinski definition) is 1. The highest BCUT2D eigenvalue weighted by Crippen LogP contribution is 2.46. The second kappa shape index (κ2) is 8.10. The van der Waals surface area contributed by atoms with Gasteiger partial charge >= 0.3 is 6.18 Å². The maximum atomic E-state index is 13.4. The average molecular weight is 447 g/mol. The van der Waals surface area contributed by atoms with Crippen LogP contribution in [-0.2, 0) is 11.8 Å². The number of hydrogen-bond acceptors (Lipinski definition) is 3. The Bertz CT molecular complexity index is 1080. The number of likely N-dealkylation sites (N-methyl/N-ethyl adjacent to an activating group) is 1. The number of carbonyl (C=O) groups excluding carboxylic acids is 1. The van der Waals surface area contributed by atoms with E-state index in [9.17, 15) is 18.0 Å². The highest BCUT2D eigenvalue weighted by molar-refractivity contribution is 6.14. The Hall–Kier alpha value is -2.54. The van der Waals surface area contributed by atoms with Gasteiger partial charge in [0.25, 0.3) is 0 Å². The maximum absolute atomic E-state index is 13.4. The number of alkyl halides is 3. The van der Waals surface area contributed by atoms with E-state index in [0.29, 0.717) is 40.4 Å². The van der Waals surface area contributed by atoms with Crippen LogP contribution in [0, 0.1) is 0 Å². The fraction of sp³-hybridized carbons (Fsp3) is 0.480. The van der Waals surface area contributed by atoms with Gasteiger partial charge in [0.2, 0.25) is 0 Å². The largest absolute Gasteiger partial charge is 0.492 e. The SMILES string of the molecule is CCN(CC)CCOc1ccc2c(c1)C(C)(C)c1[nH]c3c(c1C2=O)CCC(C(F)(F)F)=C3. The summed E-state index contributed by atoms with van der Waals surface area (Å²) in [6.07, 6.45) is -3.10. The lowest BCUT2D eigenvalue weighted by Crippen LogP contribution is -2.31. The molecular formula is C25H29F3N2O2. The summed E-state index contributed by atoms with van der Waals surface area (Å²) in [5, 5.41) is 0. The molecule has 172 valence electrons. The first-order chi connectivity index (χ1) is 15.1. The van der Waals surface area contributed by atoms with Crippen LogP contribution in [-0.4, -0.2) is 48.1 Å². The number of H-pyrrole nitrogens is 1. The van der Waals surface area contributed by atoms with Crippen LogP contribution in [0.3, 0.4) is 0 Å². The zero-order valence-electron chi connectivity index (χ0n) is 18.9. The van der Waals surface area contributed by atoms with Gasteiger partial charge in [0.05, 0.1) is 0 Å². The van der Waals surface area contributed by atoms with Crippen LogP contribution in [0.4, 0.5) is 13.2 Å². The Balaban J connectivity index is 1.68. The minimum Gasteiger partial charge on any atom is -0.492 e. The Labute approximate surface area is 186 Å². The van der Waals surface area contributed by atoms with E-state index in [1.54, 1.807) is 12.1 Å². The molecular weight excluding hydrogens is 417 g/mol. The molecule has 1 aromatic carbocycles. The number of nitrogens with zero attached hydrogens (tertiary/aromatic N) is 1. The number of fused-ring (bicyclic) bond motifs is 4. The lowest BCUT2D eigenvalue weighted by Gasteiger charge is -2.32. The fourth-order valence-electron chi connectivity index (χ4n) is 4.82. The van der Waals surface area contributed by atoms with E-state index in [1.807, 2.05) is 19.9 Å². The van der Waals surface area contributed by atoms with Gasteiger partial charge in [-0.05, 0) is 61.3 Å². The van der Waals surface area contributed by atoms with Crippen molar-refractivity contribution in [3.63, 3.8) is 0 Å². The van der Waals surface area contributed by atoms with Crippen LogP contribution >= 0.6 is 0 Å². The van der Waals surface area contributed by atoms with Crippen molar-refractivity contribution in [1.29, 1.82) is 0 Å². The van der Waals surface area contributed by atoms with Crippen LogP contribution in [0.5, 0.6) is 5.75 Å². The second-order valence-corrected chi connectivity index (χ2v) is 8.97. The second-order valence-electron chi connectivity index (χ2n) is 8.97. The first-order valence-corrected chi connectivity index (χ1v) is 11.1. The predicted octanol–water partition coefficient (Wildman–Crippen LogP) is 5.50. The number of benzene rings is 1. The number of halogens is 3. The lowest BCUT2D eigenvalue weighted by molar-refractivity contribution is -0.0931. The topological polar surface area (TPSA) is 45.3 Å². The fourth-order valence-corrected chi connectivity index (χ4v) is 4.82. The molecule has 0 amide bonds. The summed E-state index contributed by atoms with van der Waals surface area (Å²) in [6.45, 7) is 11.5. The molecule has 2 aromatic rings. The minimum atomic E-state index is -4.36. The first kappa shape index (κ1) is 22.6. The third kappa shape index (κ3) is 3.76. The highest BCUT2D eigenvalue weighted by atomic mass is 19.4. The van der Waals surface area contributed by atoms with Crippen molar-refractivity contribution in [3.8, 4) is 5.75 Å². The number of aromatic nitrogens is 1. The van der Waals surface area contributed by atoms with E-state index in [2.05, 4.69) is 23.7 Å². The number of allylic oxidation sites excluding steroid dienone is 1. The van der Waals surface area contributed by atoms with E-state index in [4.69, 9.17) is 4.74 Å². The van der Waals surface area contributed by atoms with Gasteiger partial charge in [-0.2, -0.15) is 13.2 Å². The number of ketones is 1. The molecule has 0 saturated heterocycles. The van der Waals surface area contributed by atoms with Gasteiger partial charge in [-0.15, -0.1) is 0 Å². The van der Waals surface area contributed by atoms with Crippen molar-refractivity contribution in [2.24, 2.45) is 0 Å². The monoisotopic (exact) mass is 446 g/mol. The number of aromatic amines is 1. The van der Waals surface area contributed by atoms with Crippen molar-refractivity contribution >= 4 is 11.9 Å². The molecule has 0 atom stereocenters. The van der Waals surface area contributed by atoms with Crippen LogP contribution in [0.2, 0.25) is 0 Å². The summed E-state index contributed by atoms with van der Waals surface area (Å²) >= 11 is 0. The first-order valence-electron chi connectivity index (χ1n) is 11.1. The summed E-state index contributed by atoms with van der Waals surface area (Å²) in [5.41, 5.74) is 2.59. The van der Waals surface area contributed by atoms with E-state index in [1.165, 1.54) is 0 Å². The van der Waals surface area contributed by atoms with Crippen molar-refractivity contribution in [1.82, 2.24) is 9.88 Å². The zero-order chi connectivity index (χ0) is 23.3.